The summed E-state index contributed by atoms with van der Waals surface area (Å²) in [7, 11) is 0. The maximum absolute atomic E-state index is 12.5. The smallest absolute Gasteiger partial charge is 0.416 e. The van der Waals surface area contributed by atoms with Gasteiger partial charge in [0.15, 0.2) is 0 Å². The number of hydrogen-bond acceptors (Lipinski definition) is 3. The van der Waals surface area contributed by atoms with Crippen LogP contribution in [0.1, 0.15) is 19.4 Å². The van der Waals surface area contributed by atoms with E-state index in [0.29, 0.717) is 12.1 Å². The number of halogens is 5. The first-order chi connectivity index (χ1) is 8.62. The van der Waals surface area contributed by atoms with Crippen molar-refractivity contribution in [3.05, 3.63) is 39.2 Å². The first kappa shape index (κ1) is 15.8. The molecule has 0 radical (unpaired) electrons. The minimum absolute atomic E-state index is 0.0668. The Morgan fingerprint density at radius 1 is 1.16 bits per heavy atom. The maximum Gasteiger partial charge on any atom is 0.416 e. The molecule has 0 saturated carbocycles. The second kappa shape index (κ2) is 5.79. The Bertz CT molecular complexity index is 526. The molecule has 0 aliphatic carbocycles. The number of azo groups is 1. The Morgan fingerprint density at radius 3 is 2.00 bits per heavy atom. The summed E-state index contributed by atoms with van der Waals surface area (Å²) in [5, 5.41) is 15.8. The van der Waals surface area contributed by atoms with Gasteiger partial charge in [-0.1, -0.05) is 23.2 Å². The Hall–Kier alpha value is -1.27. The third kappa shape index (κ3) is 4.11. The Morgan fingerprint density at radius 2 is 1.63 bits per heavy atom. The first-order valence-corrected chi connectivity index (χ1v) is 5.73. The van der Waals surface area contributed by atoms with E-state index in [-0.39, 0.29) is 27.2 Å². The highest BCUT2D eigenvalue weighted by Crippen LogP contribution is 2.40. The number of rotatable bonds is 2. The van der Waals surface area contributed by atoms with E-state index in [4.69, 9.17) is 28.3 Å². The molecule has 0 spiro atoms. The lowest BCUT2D eigenvalue weighted by Gasteiger charge is -2.09. The Kier molecular flexibility index (Phi) is 4.81. The monoisotopic (exact) mass is 312 g/mol. The number of nitrogens with zero attached hydrogens (tertiary/aromatic N) is 2. The summed E-state index contributed by atoms with van der Waals surface area (Å²) in [5.74, 6) is -0.0668. The molecule has 19 heavy (non-hydrogen) atoms. The van der Waals surface area contributed by atoms with Gasteiger partial charge < -0.3 is 5.11 Å². The van der Waals surface area contributed by atoms with Crippen molar-refractivity contribution >= 4 is 28.9 Å². The summed E-state index contributed by atoms with van der Waals surface area (Å²) in [6.45, 7) is 2.87. The molecule has 0 unspecified atom stereocenters. The number of aliphatic hydroxyl groups excluding tert-OH is 1. The number of allylic oxidation sites excluding steroid dienone is 2. The molecular weight excluding hydrogens is 304 g/mol. The standard InChI is InChI=1S/C11H9Cl2F3N2O/c1-5(6(2)19)17-18-10-8(12)3-7(4-9(10)13)11(14,15)16/h3-4,19H,1-2H3/b6-5-,18-17+. The van der Waals surface area contributed by atoms with Crippen molar-refractivity contribution in [1.29, 1.82) is 0 Å². The van der Waals surface area contributed by atoms with Gasteiger partial charge >= 0.3 is 6.18 Å². The summed E-state index contributed by atoms with van der Waals surface area (Å²) in [6, 6.07) is 1.43. The van der Waals surface area contributed by atoms with Gasteiger partial charge in [0.1, 0.15) is 11.4 Å². The van der Waals surface area contributed by atoms with Gasteiger partial charge in [0.25, 0.3) is 0 Å². The molecule has 0 aliphatic rings. The van der Waals surface area contributed by atoms with Crippen molar-refractivity contribution in [1.82, 2.24) is 0 Å². The highest BCUT2D eigenvalue weighted by atomic mass is 35.5. The predicted molar refractivity (Wildman–Crippen MR) is 67.0 cm³/mol. The van der Waals surface area contributed by atoms with Gasteiger partial charge in [-0.25, -0.2) is 0 Å². The summed E-state index contributed by atoms with van der Waals surface area (Å²) in [4.78, 5) is 0. The number of alkyl halides is 3. The lowest BCUT2D eigenvalue weighted by atomic mass is 10.2. The maximum atomic E-state index is 12.5. The molecule has 0 fully saturated rings. The molecule has 0 bridgehead atoms. The van der Waals surface area contributed by atoms with Crippen LogP contribution in [0.2, 0.25) is 10.0 Å². The molecule has 0 aromatic heterocycles. The fourth-order valence-corrected chi connectivity index (χ4v) is 1.58. The Labute approximate surface area is 117 Å². The van der Waals surface area contributed by atoms with E-state index in [1.807, 2.05) is 0 Å². The van der Waals surface area contributed by atoms with E-state index in [0.717, 1.165) is 0 Å². The van der Waals surface area contributed by atoms with Gasteiger partial charge in [-0.05, 0) is 26.0 Å². The summed E-state index contributed by atoms with van der Waals surface area (Å²) < 4.78 is 37.5. The van der Waals surface area contributed by atoms with E-state index in [1.54, 1.807) is 0 Å². The molecule has 1 rings (SSSR count). The molecule has 0 heterocycles. The quantitative estimate of drug-likeness (QED) is 0.535. The lowest BCUT2D eigenvalue weighted by molar-refractivity contribution is -0.137. The van der Waals surface area contributed by atoms with Crippen LogP contribution >= 0.6 is 23.2 Å². The zero-order valence-electron chi connectivity index (χ0n) is 9.89. The molecule has 1 N–H and O–H groups in total. The van der Waals surface area contributed by atoms with Crippen LogP contribution in [0.5, 0.6) is 0 Å². The zero-order valence-corrected chi connectivity index (χ0v) is 11.4. The normalized spacial score (nSPS) is 13.8. The van der Waals surface area contributed by atoms with Crippen LogP contribution in [0, 0.1) is 0 Å². The Balaban J connectivity index is 3.23. The number of hydrogen-bond donors (Lipinski definition) is 1. The van der Waals surface area contributed by atoms with E-state index in [1.165, 1.54) is 13.8 Å². The van der Waals surface area contributed by atoms with Crippen molar-refractivity contribution in [3.8, 4) is 0 Å². The van der Waals surface area contributed by atoms with Gasteiger partial charge in [0.05, 0.1) is 21.3 Å². The van der Waals surface area contributed by atoms with E-state index < -0.39 is 11.7 Å². The molecule has 0 saturated heterocycles. The van der Waals surface area contributed by atoms with Gasteiger partial charge in [0, 0.05) is 0 Å². The van der Waals surface area contributed by atoms with Crippen LogP contribution in [0.15, 0.2) is 33.8 Å². The second-order valence-electron chi connectivity index (χ2n) is 3.66. The molecule has 0 atom stereocenters. The molecule has 3 nitrogen and oxygen atoms in total. The summed E-state index contributed by atoms with van der Waals surface area (Å²) in [5.41, 5.74) is -0.851. The van der Waals surface area contributed by atoms with Crippen LogP contribution in [0.4, 0.5) is 18.9 Å². The van der Waals surface area contributed by atoms with Gasteiger partial charge in [-0.3, -0.25) is 0 Å². The number of aliphatic hydroxyl groups is 1. The fraction of sp³-hybridized carbons (Fsp3) is 0.273. The third-order valence-corrected chi connectivity index (χ3v) is 2.74. The van der Waals surface area contributed by atoms with Crippen molar-refractivity contribution in [2.75, 3.05) is 0 Å². The second-order valence-corrected chi connectivity index (χ2v) is 4.47. The molecule has 0 aliphatic heterocycles. The lowest BCUT2D eigenvalue weighted by Crippen LogP contribution is -2.04. The summed E-state index contributed by atoms with van der Waals surface area (Å²) >= 11 is 11.4. The van der Waals surface area contributed by atoms with E-state index in [9.17, 15) is 13.2 Å². The molecular formula is C11H9Cl2F3N2O. The highest BCUT2D eigenvalue weighted by molar-refractivity contribution is 6.38. The predicted octanol–water partition coefficient (Wildman–Crippen LogP) is 5.91. The van der Waals surface area contributed by atoms with E-state index >= 15 is 0 Å². The van der Waals surface area contributed by atoms with Crippen molar-refractivity contribution in [2.45, 2.75) is 20.0 Å². The van der Waals surface area contributed by atoms with Gasteiger partial charge in [-0.2, -0.15) is 18.3 Å². The van der Waals surface area contributed by atoms with Crippen LogP contribution in [0.25, 0.3) is 0 Å². The first-order valence-electron chi connectivity index (χ1n) is 4.97. The number of benzene rings is 1. The SMILES string of the molecule is C/C(O)=C(C)/N=N/c1c(Cl)cc(C(F)(F)F)cc1Cl. The minimum Gasteiger partial charge on any atom is -0.511 e. The molecule has 1 aromatic rings. The van der Waals surface area contributed by atoms with E-state index in [2.05, 4.69) is 10.2 Å². The van der Waals surface area contributed by atoms with Crippen LogP contribution in [0.3, 0.4) is 0 Å². The summed E-state index contributed by atoms with van der Waals surface area (Å²) in [6.07, 6.45) is -4.54. The minimum atomic E-state index is -4.54. The van der Waals surface area contributed by atoms with Crippen LogP contribution in [-0.2, 0) is 6.18 Å². The highest BCUT2D eigenvalue weighted by Gasteiger charge is 2.32. The molecule has 0 amide bonds. The largest absolute Gasteiger partial charge is 0.511 e. The average molecular weight is 313 g/mol. The van der Waals surface area contributed by atoms with Crippen LogP contribution < -0.4 is 0 Å². The van der Waals surface area contributed by atoms with Gasteiger partial charge in [-0.15, -0.1) is 5.11 Å². The topological polar surface area (TPSA) is 45.0 Å². The molecule has 1 aromatic carbocycles. The van der Waals surface area contributed by atoms with Gasteiger partial charge in [0.2, 0.25) is 0 Å². The van der Waals surface area contributed by atoms with Crippen LogP contribution in [-0.4, -0.2) is 5.11 Å². The third-order valence-electron chi connectivity index (χ3n) is 2.17. The van der Waals surface area contributed by atoms with Crippen molar-refractivity contribution in [3.63, 3.8) is 0 Å². The zero-order chi connectivity index (χ0) is 14.8. The molecule has 8 heteroatoms. The molecule has 104 valence electrons. The van der Waals surface area contributed by atoms with Crippen molar-refractivity contribution < 1.29 is 18.3 Å². The van der Waals surface area contributed by atoms with Crippen molar-refractivity contribution in [2.24, 2.45) is 10.2 Å². The fourth-order valence-electron chi connectivity index (χ4n) is 1.02. The average Bonchev–Trinajstić information content (AvgIpc) is 2.25.